The first-order chi connectivity index (χ1) is 6.43. The van der Waals surface area contributed by atoms with Crippen LogP contribution in [-0.2, 0) is 0 Å². The predicted molar refractivity (Wildman–Crippen MR) is 50.0 cm³/mol. The van der Waals surface area contributed by atoms with Crippen molar-refractivity contribution < 1.29 is 13.9 Å². The van der Waals surface area contributed by atoms with Gasteiger partial charge in [0, 0.05) is 6.04 Å². The van der Waals surface area contributed by atoms with Crippen molar-refractivity contribution in [3.05, 3.63) is 34.4 Å². The number of aliphatic hydroxyl groups excluding tert-OH is 1. The van der Waals surface area contributed by atoms with Crippen LogP contribution >= 0.6 is 11.6 Å². The number of benzene rings is 1. The summed E-state index contributed by atoms with van der Waals surface area (Å²) in [7, 11) is 0. The highest BCUT2D eigenvalue weighted by atomic mass is 35.5. The third-order valence-electron chi connectivity index (χ3n) is 1.85. The number of hydrogen-bond donors (Lipinski definition) is 2. The highest BCUT2D eigenvalue weighted by molar-refractivity contribution is 6.30. The van der Waals surface area contributed by atoms with Crippen molar-refractivity contribution in [2.75, 3.05) is 0 Å². The van der Waals surface area contributed by atoms with Gasteiger partial charge in [0.25, 0.3) is 0 Å². The first-order valence-electron chi connectivity index (χ1n) is 4.01. The summed E-state index contributed by atoms with van der Waals surface area (Å²) in [6.07, 6.45) is -1.10. The third kappa shape index (κ3) is 2.20. The van der Waals surface area contributed by atoms with Crippen LogP contribution in [0.25, 0.3) is 0 Å². The van der Waals surface area contributed by atoms with E-state index in [0.717, 1.165) is 12.1 Å². The number of hydrogen-bond acceptors (Lipinski definition) is 2. The molecule has 0 fully saturated rings. The Morgan fingerprint density at radius 1 is 1.36 bits per heavy atom. The molecule has 14 heavy (non-hydrogen) atoms. The highest BCUT2D eigenvalue weighted by Gasteiger charge is 2.17. The maximum absolute atomic E-state index is 12.9. The fourth-order valence-electron chi connectivity index (χ4n) is 1.05. The van der Waals surface area contributed by atoms with Crippen molar-refractivity contribution in [3.8, 4) is 0 Å². The van der Waals surface area contributed by atoms with Gasteiger partial charge < -0.3 is 10.8 Å². The fraction of sp³-hybridized carbons (Fsp3) is 0.333. The van der Waals surface area contributed by atoms with Gasteiger partial charge in [0.15, 0.2) is 0 Å². The van der Waals surface area contributed by atoms with Gasteiger partial charge in [0.2, 0.25) is 0 Å². The lowest BCUT2D eigenvalue weighted by atomic mass is 10.0. The van der Waals surface area contributed by atoms with E-state index in [0.29, 0.717) is 0 Å². The van der Waals surface area contributed by atoms with Crippen molar-refractivity contribution in [1.82, 2.24) is 0 Å². The number of nitrogens with two attached hydrogens (primary N) is 1. The van der Waals surface area contributed by atoms with E-state index in [1.807, 2.05) is 0 Å². The fourth-order valence-corrected chi connectivity index (χ4v) is 1.16. The molecule has 0 aromatic heterocycles. The van der Waals surface area contributed by atoms with Gasteiger partial charge in [0.1, 0.15) is 16.7 Å². The molecule has 0 amide bonds. The van der Waals surface area contributed by atoms with Crippen LogP contribution in [0.5, 0.6) is 0 Å². The molecule has 1 aromatic carbocycles. The maximum Gasteiger partial charge on any atom is 0.145 e. The van der Waals surface area contributed by atoms with E-state index in [4.69, 9.17) is 17.3 Å². The molecule has 0 aliphatic rings. The summed E-state index contributed by atoms with van der Waals surface area (Å²) < 4.78 is 25.9. The van der Waals surface area contributed by atoms with E-state index in [1.165, 1.54) is 6.92 Å². The highest BCUT2D eigenvalue weighted by Crippen LogP contribution is 2.24. The quantitative estimate of drug-likeness (QED) is 0.751. The predicted octanol–water partition coefficient (Wildman–Crippen LogP) is 2.00. The molecule has 2 unspecified atom stereocenters. The van der Waals surface area contributed by atoms with Gasteiger partial charge in [-0.15, -0.1) is 0 Å². The molecule has 0 bridgehead atoms. The van der Waals surface area contributed by atoms with Crippen molar-refractivity contribution in [2.45, 2.75) is 19.1 Å². The smallest absolute Gasteiger partial charge is 0.145 e. The molecule has 0 spiro atoms. The molecule has 3 N–H and O–H groups in total. The molecule has 1 rings (SSSR count). The molecule has 0 aliphatic heterocycles. The van der Waals surface area contributed by atoms with E-state index in [2.05, 4.69) is 0 Å². The lowest BCUT2D eigenvalue weighted by Crippen LogP contribution is -2.24. The molecule has 1 aromatic rings. The Morgan fingerprint density at radius 2 is 1.79 bits per heavy atom. The van der Waals surface area contributed by atoms with Gasteiger partial charge in [-0.2, -0.15) is 0 Å². The molecule has 2 atom stereocenters. The van der Waals surface area contributed by atoms with Gasteiger partial charge in [-0.1, -0.05) is 11.6 Å². The number of halogens is 3. The van der Waals surface area contributed by atoms with Gasteiger partial charge in [-0.05, 0) is 24.6 Å². The van der Waals surface area contributed by atoms with E-state index < -0.39 is 28.8 Å². The average Bonchev–Trinajstić information content (AvgIpc) is 2.12. The minimum atomic E-state index is -1.10. The van der Waals surface area contributed by atoms with Crippen molar-refractivity contribution >= 4 is 11.6 Å². The Labute approximate surface area is 85.3 Å². The Kier molecular flexibility index (Phi) is 3.42. The monoisotopic (exact) mass is 221 g/mol. The zero-order chi connectivity index (χ0) is 10.9. The SMILES string of the molecule is CC(N)C(O)c1cc(F)c(Cl)c(F)c1. The largest absolute Gasteiger partial charge is 0.387 e. The second-order valence-corrected chi connectivity index (χ2v) is 3.48. The maximum atomic E-state index is 12.9. The number of aliphatic hydroxyl groups is 1. The topological polar surface area (TPSA) is 46.2 Å². The summed E-state index contributed by atoms with van der Waals surface area (Å²) in [6.45, 7) is 1.54. The lowest BCUT2D eigenvalue weighted by Gasteiger charge is -2.15. The standard InChI is InChI=1S/C9H10ClF2NO/c1-4(13)9(14)5-2-6(11)8(10)7(12)3-5/h2-4,9,14H,13H2,1H3. The minimum Gasteiger partial charge on any atom is -0.387 e. The van der Waals surface area contributed by atoms with E-state index in [9.17, 15) is 13.9 Å². The van der Waals surface area contributed by atoms with Gasteiger partial charge >= 0.3 is 0 Å². The van der Waals surface area contributed by atoms with E-state index >= 15 is 0 Å². The summed E-state index contributed by atoms with van der Waals surface area (Å²) >= 11 is 5.27. The lowest BCUT2D eigenvalue weighted by molar-refractivity contribution is 0.152. The van der Waals surface area contributed by atoms with Gasteiger partial charge in [0.05, 0.1) is 6.10 Å². The van der Waals surface area contributed by atoms with Crippen molar-refractivity contribution in [2.24, 2.45) is 5.73 Å². The van der Waals surface area contributed by atoms with Gasteiger partial charge in [-0.25, -0.2) is 8.78 Å². The third-order valence-corrected chi connectivity index (χ3v) is 2.21. The summed E-state index contributed by atoms with van der Waals surface area (Å²) in [4.78, 5) is 0. The Balaban J connectivity index is 3.12. The van der Waals surface area contributed by atoms with Crippen LogP contribution < -0.4 is 5.73 Å². The van der Waals surface area contributed by atoms with Crippen LogP contribution in [0, 0.1) is 11.6 Å². The summed E-state index contributed by atoms with van der Waals surface area (Å²) in [5.74, 6) is -1.80. The average molecular weight is 222 g/mol. The van der Waals surface area contributed by atoms with Crippen LogP contribution in [0.3, 0.4) is 0 Å². The zero-order valence-corrected chi connectivity index (χ0v) is 8.22. The Hall–Kier alpha value is -0.710. The molecule has 5 heteroatoms. The molecule has 0 heterocycles. The zero-order valence-electron chi connectivity index (χ0n) is 7.47. The summed E-state index contributed by atoms with van der Waals surface area (Å²) in [6, 6.07) is 1.34. The molecule has 0 saturated carbocycles. The van der Waals surface area contributed by atoms with Gasteiger partial charge in [-0.3, -0.25) is 0 Å². The number of rotatable bonds is 2. The molecule has 0 aliphatic carbocycles. The van der Waals surface area contributed by atoms with Crippen LogP contribution in [0.15, 0.2) is 12.1 Å². The second kappa shape index (κ2) is 4.21. The van der Waals surface area contributed by atoms with Crippen LogP contribution in [0.2, 0.25) is 5.02 Å². The molecule has 0 radical (unpaired) electrons. The first-order valence-corrected chi connectivity index (χ1v) is 4.39. The van der Waals surface area contributed by atoms with Crippen LogP contribution in [0.1, 0.15) is 18.6 Å². The summed E-state index contributed by atoms with van der Waals surface area (Å²) in [5.41, 5.74) is 5.46. The van der Waals surface area contributed by atoms with Crippen molar-refractivity contribution in [3.63, 3.8) is 0 Å². The van der Waals surface area contributed by atoms with E-state index in [-0.39, 0.29) is 5.56 Å². The van der Waals surface area contributed by atoms with Crippen LogP contribution in [-0.4, -0.2) is 11.1 Å². The molecule has 2 nitrogen and oxygen atoms in total. The van der Waals surface area contributed by atoms with Crippen molar-refractivity contribution in [1.29, 1.82) is 0 Å². The van der Waals surface area contributed by atoms with Crippen LogP contribution in [0.4, 0.5) is 8.78 Å². The van der Waals surface area contributed by atoms with E-state index in [1.54, 1.807) is 0 Å². The second-order valence-electron chi connectivity index (χ2n) is 3.10. The Bertz CT molecular complexity index is 321. The molecular formula is C9H10ClF2NO. The molecule has 0 saturated heterocycles. The summed E-state index contributed by atoms with van der Waals surface area (Å²) in [5, 5.41) is 8.86. The normalized spacial score (nSPS) is 15.3. The first kappa shape index (κ1) is 11.4. The molecular weight excluding hydrogens is 212 g/mol. The molecule has 78 valence electrons. The Morgan fingerprint density at radius 3 is 2.14 bits per heavy atom. The minimum absolute atomic E-state index is 0.0828.